The van der Waals surface area contributed by atoms with Gasteiger partial charge in [-0.25, -0.2) is 15.0 Å². The van der Waals surface area contributed by atoms with E-state index in [0.717, 1.165) is 144 Å². The van der Waals surface area contributed by atoms with Crippen LogP contribution >= 0.6 is 0 Å². The minimum Gasteiger partial charge on any atom is -0.256 e. The molecule has 0 spiro atoms. The van der Waals surface area contributed by atoms with E-state index in [-0.39, 0.29) is 16.2 Å². The highest BCUT2D eigenvalue weighted by Crippen LogP contribution is 2.58. The molecule has 3 aliphatic rings. The van der Waals surface area contributed by atoms with E-state index < -0.39 is 0 Å². The van der Waals surface area contributed by atoms with Gasteiger partial charge in [0.2, 0.25) is 0 Å². The Hall–Kier alpha value is -18.2. The molecule has 0 radical (unpaired) electrons. The summed E-state index contributed by atoms with van der Waals surface area (Å²) in [6, 6.07) is 164. The Morgan fingerprint density at radius 2 is 0.414 bits per heavy atom. The summed E-state index contributed by atoms with van der Waals surface area (Å²) < 4.78 is 0. The summed E-state index contributed by atoms with van der Waals surface area (Å²) in [5.41, 5.74) is 49.7. The molecule has 0 bridgehead atoms. The van der Waals surface area contributed by atoms with E-state index in [0.29, 0.717) is 0 Å². The number of hydrogen-bond donors (Lipinski definition) is 0. The first-order chi connectivity index (χ1) is 71.1. The van der Waals surface area contributed by atoms with Crippen molar-refractivity contribution in [3.8, 4) is 167 Å². The maximum absolute atomic E-state index is 5.25. The van der Waals surface area contributed by atoms with Crippen LogP contribution in [0.4, 0.5) is 0 Å². The Labute approximate surface area is 843 Å². The van der Waals surface area contributed by atoms with Gasteiger partial charge in [-0.3, -0.25) is 19.9 Å². The van der Waals surface area contributed by atoms with Crippen molar-refractivity contribution in [1.82, 2.24) is 34.9 Å². The predicted molar refractivity (Wildman–Crippen MR) is 604 cm³/mol. The third-order valence-electron chi connectivity index (χ3n) is 30.4. The maximum Gasteiger partial charge on any atom is 0.0780 e. The molecular formula is C138H97N7. The zero-order valence-corrected chi connectivity index (χ0v) is 81.2. The molecule has 7 heteroatoms. The Morgan fingerprint density at radius 3 is 0.759 bits per heavy atom. The fourth-order valence-corrected chi connectivity index (χ4v) is 23.3. The van der Waals surface area contributed by atoms with Crippen molar-refractivity contribution in [3.63, 3.8) is 0 Å². The van der Waals surface area contributed by atoms with E-state index in [1.54, 1.807) is 0 Å². The molecule has 145 heavy (non-hydrogen) atoms. The first-order valence-corrected chi connectivity index (χ1v) is 50.0. The molecule has 25 aromatic rings. The number of aromatic nitrogens is 7. The fraction of sp³-hybridized carbons (Fsp3) is 0.0652. The molecule has 18 aromatic carbocycles. The summed E-state index contributed by atoms with van der Waals surface area (Å²) >= 11 is 0. The standard InChI is InChI=1S/2C48H33N3.C42H31N/c1-48(2)41-15-7-5-13-39(41)47-46(48)45(40-14-6-10-18-44(40)51-47)31-21-19-30(20-22-31)34-25-35(37-23-32-11-3-8-16-42(32)49-28-37)27-36(26-34)38-24-33-12-4-9-17-43(33)50-29-38;1-48(2)41-19-5-3-15-39(41)47-44(48)43(40-16-4-6-20-42(40)51-47)31-23-21-30(22-24-31)34-27-35(37-17-7-11-32-13-9-25-49-45(32)37)29-36(28-34)38-18-8-12-33-14-10-26-50-46(33)38;1-42(2)37-19-11-9-17-35(37)41-40(42)39(36-18-10-12-20-38(36)43-41)31-23-21-30(22-24-31)34-26-32(28-13-5-3-6-14-28)25-33(27-34)29-15-7-4-8-16-29/h2*3-29H,1-2H3;3-27H,1-2H3. The Balaban J connectivity index is 0.000000111. The molecule has 0 N–H and O–H groups in total. The van der Waals surface area contributed by atoms with Crippen LogP contribution in [0.5, 0.6) is 0 Å². The highest BCUT2D eigenvalue weighted by Gasteiger charge is 2.43. The molecular weight excluding hydrogens is 1760 g/mol. The average molecular weight is 1850 g/mol. The lowest BCUT2D eigenvalue weighted by atomic mass is 9.78. The Morgan fingerprint density at radius 1 is 0.166 bits per heavy atom. The smallest absolute Gasteiger partial charge is 0.0780 e. The highest BCUT2D eigenvalue weighted by atomic mass is 14.8. The summed E-state index contributed by atoms with van der Waals surface area (Å²) in [4.78, 5) is 35.0. The summed E-state index contributed by atoms with van der Waals surface area (Å²) in [6.07, 6.45) is 7.73. The van der Waals surface area contributed by atoms with Crippen LogP contribution in [0, 0.1) is 0 Å². The number of benzene rings is 18. The molecule has 3 aliphatic carbocycles. The van der Waals surface area contributed by atoms with E-state index in [4.69, 9.17) is 34.9 Å². The Bertz CT molecular complexity index is 9250. The molecule has 0 saturated heterocycles. The van der Waals surface area contributed by atoms with Gasteiger partial charge in [0.05, 0.1) is 55.7 Å². The van der Waals surface area contributed by atoms with Crippen molar-refractivity contribution < 1.29 is 0 Å². The van der Waals surface area contributed by atoms with Gasteiger partial charge in [0.15, 0.2) is 0 Å². The fourth-order valence-electron chi connectivity index (χ4n) is 23.3. The van der Waals surface area contributed by atoms with Gasteiger partial charge in [-0.1, -0.05) is 387 Å². The second-order valence-electron chi connectivity index (χ2n) is 40.2. The molecule has 0 unspecified atom stereocenters. The van der Waals surface area contributed by atoms with Gasteiger partial charge in [0.25, 0.3) is 0 Å². The lowest BCUT2D eigenvalue weighted by molar-refractivity contribution is 0.661. The first-order valence-electron chi connectivity index (χ1n) is 50.0. The largest absolute Gasteiger partial charge is 0.256 e. The van der Waals surface area contributed by atoms with Crippen LogP contribution < -0.4 is 0 Å². The van der Waals surface area contributed by atoms with Crippen molar-refractivity contribution >= 4 is 76.3 Å². The average Bonchev–Trinajstić information content (AvgIpc) is 1.56. The number of nitrogens with zero attached hydrogens (tertiary/aromatic N) is 7. The van der Waals surface area contributed by atoms with Crippen molar-refractivity contribution in [3.05, 3.63) is 513 Å². The lowest BCUT2D eigenvalue weighted by Crippen LogP contribution is -2.16. The first kappa shape index (κ1) is 87.1. The van der Waals surface area contributed by atoms with Crippen LogP contribution in [0.3, 0.4) is 0 Å². The van der Waals surface area contributed by atoms with E-state index in [9.17, 15) is 0 Å². The zero-order valence-electron chi connectivity index (χ0n) is 81.2. The van der Waals surface area contributed by atoms with Crippen LogP contribution in [0.25, 0.3) is 244 Å². The molecule has 0 saturated carbocycles. The number of fused-ring (bicyclic) bond motifs is 16. The van der Waals surface area contributed by atoms with Gasteiger partial charge in [-0.2, -0.15) is 0 Å². The molecule has 684 valence electrons. The second-order valence-corrected chi connectivity index (χ2v) is 40.2. The molecule has 7 aromatic heterocycles. The van der Waals surface area contributed by atoms with Gasteiger partial charge in [0, 0.05) is 118 Å². The van der Waals surface area contributed by atoms with Crippen LogP contribution in [0.2, 0.25) is 0 Å². The van der Waals surface area contributed by atoms with Gasteiger partial charge >= 0.3 is 0 Å². The Kier molecular flexibility index (Phi) is 21.2. The van der Waals surface area contributed by atoms with Crippen molar-refractivity contribution in [2.24, 2.45) is 0 Å². The topological polar surface area (TPSA) is 90.2 Å². The van der Waals surface area contributed by atoms with Crippen molar-refractivity contribution in [1.29, 1.82) is 0 Å². The van der Waals surface area contributed by atoms with Crippen LogP contribution in [0.15, 0.2) is 480 Å². The number of rotatable bonds is 12. The number of hydrogen-bond acceptors (Lipinski definition) is 7. The molecule has 7 heterocycles. The van der Waals surface area contributed by atoms with E-state index >= 15 is 0 Å². The van der Waals surface area contributed by atoms with Crippen molar-refractivity contribution in [2.75, 3.05) is 0 Å². The zero-order chi connectivity index (χ0) is 97.2. The summed E-state index contributed by atoms with van der Waals surface area (Å²) in [5, 5.41) is 8.07. The minimum absolute atomic E-state index is 0.147. The maximum atomic E-state index is 5.25. The minimum atomic E-state index is -0.181. The molecule has 0 aliphatic heterocycles. The lowest BCUT2D eigenvalue weighted by Gasteiger charge is -2.25. The van der Waals surface area contributed by atoms with Crippen LogP contribution in [-0.4, -0.2) is 34.9 Å². The SMILES string of the molecule is CC1(C)c2ccccc2-c2nc3ccccc3c(-c3ccc(-c4cc(-c5cccc6cccnc56)cc(-c5cccc6cccnc56)c4)cc3)c21.CC1(C)c2ccccc2-c2nc3ccccc3c(-c3ccc(-c4cc(-c5ccccc5)cc(-c5ccccc5)c4)cc3)c21.CC1(C)c2ccccc2-c2nc3ccccc3c(-c3ccc(-c4cc(-c5cnc6ccccc6c5)cc(-c5cnc6ccccc6c5)c4)cc3)c21. The number of para-hydroxylation sites is 7. The van der Waals surface area contributed by atoms with Crippen LogP contribution in [0.1, 0.15) is 74.9 Å². The molecule has 0 fully saturated rings. The second kappa shape index (κ2) is 35.3. The summed E-state index contributed by atoms with van der Waals surface area (Å²) in [7, 11) is 0. The highest BCUT2D eigenvalue weighted by molar-refractivity contribution is 6.08. The van der Waals surface area contributed by atoms with Crippen LogP contribution in [-0.2, 0) is 16.2 Å². The van der Waals surface area contributed by atoms with Gasteiger partial charge in [-0.05, 0) is 254 Å². The van der Waals surface area contributed by atoms with Gasteiger partial charge in [0.1, 0.15) is 0 Å². The molecule has 28 rings (SSSR count). The normalized spacial score (nSPS) is 13.1. The van der Waals surface area contributed by atoms with E-state index in [1.165, 1.54) is 133 Å². The van der Waals surface area contributed by atoms with Gasteiger partial charge < -0.3 is 0 Å². The molecule has 0 amide bonds. The molecule has 7 nitrogen and oxygen atoms in total. The summed E-state index contributed by atoms with van der Waals surface area (Å²) in [6.45, 7) is 14.0. The number of pyridine rings is 7. The van der Waals surface area contributed by atoms with E-state index in [1.807, 2.05) is 49.1 Å². The third kappa shape index (κ3) is 15.2. The van der Waals surface area contributed by atoms with E-state index in [2.05, 4.69) is 472 Å². The predicted octanol–water partition coefficient (Wildman–Crippen LogP) is 35.8. The monoisotopic (exact) mass is 1850 g/mol. The van der Waals surface area contributed by atoms with Gasteiger partial charge in [-0.15, -0.1) is 0 Å². The molecule has 0 atom stereocenters. The quantitative estimate of drug-likeness (QED) is 0.120. The third-order valence-corrected chi connectivity index (χ3v) is 30.4. The van der Waals surface area contributed by atoms with Crippen molar-refractivity contribution in [2.45, 2.75) is 57.8 Å². The summed E-state index contributed by atoms with van der Waals surface area (Å²) in [5.74, 6) is 0.